The van der Waals surface area contributed by atoms with Gasteiger partial charge in [0, 0.05) is 9.35 Å². The van der Waals surface area contributed by atoms with E-state index in [-0.39, 0.29) is 4.90 Å². The molecule has 0 bridgehead atoms. The fourth-order valence-electron chi connectivity index (χ4n) is 1.87. The maximum Gasteiger partial charge on any atom is 0.262 e. The standard InChI is InChI=1S/C14H13BrN2O2S2/c1-8-4-5-11(15)6-13(8)21(18,19)17-14-12(7-16)9(2)10(3)20-14/h4-6,17H,1-3H3. The van der Waals surface area contributed by atoms with Crippen LogP contribution in [0.3, 0.4) is 0 Å². The van der Waals surface area contributed by atoms with Gasteiger partial charge in [-0.2, -0.15) is 5.26 Å². The van der Waals surface area contributed by atoms with Gasteiger partial charge in [0.15, 0.2) is 0 Å². The largest absolute Gasteiger partial charge is 0.269 e. The van der Waals surface area contributed by atoms with Crippen molar-refractivity contribution in [1.82, 2.24) is 0 Å². The van der Waals surface area contributed by atoms with Crippen LogP contribution in [0.15, 0.2) is 27.6 Å². The van der Waals surface area contributed by atoms with Crippen molar-refractivity contribution in [3.8, 4) is 6.07 Å². The molecule has 0 aliphatic heterocycles. The van der Waals surface area contributed by atoms with Gasteiger partial charge in [0.2, 0.25) is 0 Å². The molecule has 0 aliphatic carbocycles. The Morgan fingerprint density at radius 2 is 1.95 bits per heavy atom. The van der Waals surface area contributed by atoms with E-state index >= 15 is 0 Å². The molecular formula is C14H13BrN2O2S2. The lowest BCUT2D eigenvalue weighted by atomic mass is 10.2. The first kappa shape index (κ1) is 16.0. The number of hydrogen-bond acceptors (Lipinski definition) is 4. The van der Waals surface area contributed by atoms with Crippen LogP contribution in [0.4, 0.5) is 5.00 Å². The lowest BCUT2D eigenvalue weighted by Crippen LogP contribution is -2.14. The van der Waals surface area contributed by atoms with Gasteiger partial charge in [-0.25, -0.2) is 8.42 Å². The number of nitrogens with one attached hydrogen (secondary N) is 1. The molecule has 0 amide bonds. The van der Waals surface area contributed by atoms with E-state index < -0.39 is 10.0 Å². The highest BCUT2D eigenvalue weighted by atomic mass is 79.9. The lowest BCUT2D eigenvalue weighted by molar-refractivity contribution is 0.600. The van der Waals surface area contributed by atoms with E-state index in [1.165, 1.54) is 11.3 Å². The van der Waals surface area contributed by atoms with Crippen molar-refractivity contribution in [3.05, 3.63) is 44.2 Å². The number of nitrogens with zero attached hydrogens (tertiary/aromatic N) is 1. The topological polar surface area (TPSA) is 70.0 Å². The Bertz CT molecular complexity index is 849. The first-order valence-electron chi connectivity index (χ1n) is 6.05. The van der Waals surface area contributed by atoms with Crippen molar-refractivity contribution in [3.63, 3.8) is 0 Å². The van der Waals surface area contributed by atoms with Gasteiger partial charge in [-0.15, -0.1) is 11.3 Å². The highest BCUT2D eigenvalue weighted by Crippen LogP contribution is 2.34. The Hall–Kier alpha value is -1.36. The van der Waals surface area contributed by atoms with Crippen LogP contribution in [0.25, 0.3) is 0 Å². The van der Waals surface area contributed by atoms with Crippen LogP contribution >= 0.6 is 27.3 Å². The van der Waals surface area contributed by atoms with Crippen molar-refractivity contribution in [1.29, 1.82) is 5.26 Å². The Morgan fingerprint density at radius 3 is 2.57 bits per heavy atom. The molecule has 1 aromatic carbocycles. The number of anilines is 1. The summed E-state index contributed by atoms with van der Waals surface area (Å²) in [5.74, 6) is 0. The minimum Gasteiger partial charge on any atom is -0.269 e. The van der Waals surface area contributed by atoms with E-state index in [0.717, 1.165) is 10.4 Å². The van der Waals surface area contributed by atoms with Crippen LogP contribution in [-0.2, 0) is 10.0 Å². The van der Waals surface area contributed by atoms with Gasteiger partial charge in [-0.1, -0.05) is 22.0 Å². The molecule has 21 heavy (non-hydrogen) atoms. The number of aryl methyl sites for hydroxylation is 2. The first-order chi connectivity index (χ1) is 9.76. The highest BCUT2D eigenvalue weighted by molar-refractivity contribution is 9.10. The molecule has 4 nitrogen and oxygen atoms in total. The average molecular weight is 385 g/mol. The quantitative estimate of drug-likeness (QED) is 0.865. The molecule has 1 heterocycles. The van der Waals surface area contributed by atoms with Crippen LogP contribution in [-0.4, -0.2) is 8.42 Å². The van der Waals surface area contributed by atoms with E-state index in [0.29, 0.717) is 20.6 Å². The summed E-state index contributed by atoms with van der Waals surface area (Å²) in [7, 11) is -3.72. The number of halogens is 1. The van der Waals surface area contributed by atoms with Crippen molar-refractivity contribution in [2.75, 3.05) is 4.72 Å². The molecule has 0 atom stereocenters. The zero-order chi connectivity index (χ0) is 15.8. The van der Waals surface area contributed by atoms with Gasteiger partial charge >= 0.3 is 0 Å². The molecule has 110 valence electrons. The summed E-state index contributed by atoms with van der Waals surface area (Å²) in [6.07, 6.45) is 0. The van der Waals surface area contributed by atoms with Crippen molar-refractivity contribution < 1.29 is 8.42 Å². The molecule has 0 aliphatic rings. The second-order valence-corrected chi connectivity index (χ2v) is 8.41. The number of rotatable bonds is 3. The fourth-order valence-corrected chi connectivity index (χ4v) is 4.97. The normalized spacial score (nSPS) is 11.2. The van der Waals surface area contributed by atoms with Crippen LogP contribution in [0, 0.1) is 32.1 Å². The van der Waals surface area contributed by atoms with Crippen LogP contribution in [0.1, 0.15) is 21.6 Å². The minimum absolute atomic E-state index is 0.199. The van der Waals surface area contributed by atoms with Crippen molar-refractivity contribution in [2.24, 2.45) is 0 Å². The van der Waals surface area contributed by atoms with E-state index in [2.05, 4.69) is 26.7 Å². The van der Waals surface area contributed by atoms with Gasteiger partial charge < -0.3 is 0 Å². The number of nitriles is 1. The fraction of sp³-hybridized carbons (Fsp3) is 0.214. The SMILES string of the molecule is Cc1ccc(Br)cc1S(=O)(=O)Nc1sc(C)c(C)c1C#N. The van der Waals surface area contributed by atoms with Gasteiger partial charge in [0.05, 0.1) is 10.5 Å². The van der Waals surface area contributed by atoms with E-state index in [4.69, 9.17) is 0 Å². The van der Waals surface area contributed by atoms with Gasteiger partial charge in [0.25, 0.3) is 10.0 Å². The Morgan fingerprint density at radius 1 is 1.29 bits per heavy atom. The average Bonchev–Trinajstić information content (AvgIpc) is 2.66. The molecule has 0 radical (unpaired) electrons. The second kappa shape index (κ2) is 5.79. The molecule has 2 rings (SSSR count). The Kier molecular flexibility index (Phi) is 4.42. The molecular weight excluding hydrogens is 372 g/mol. The zero-order valence-corrected chi connectivity index (χ0v) is 14.9. The second-order valence-electron chi connectivity index (χ2n) is 4.61. The van der Waals surface area contributed by atoms with Crippen molar-refractivity contribution in [2.45, 2.75) is 25.7 Å². The molecule has 0 unspecified atom stereocenters. The van der Waals surface area contributed by atoms with Gasteiger partial charge in [0.1, 0.15) is 11.1 Å². The third-order valence-corrected chi connectivity index (χ3v) is 6.40. The van der Waals surface area contributed by atoms with Crippen LogP contribution < -0.4 is 4.72 Å². The molecule has 1 aromatic heterocycles. The predicted octanol–water partition coefficient (Wildman–Crippen LogP) is 4.11. The number of benzene rings is 1. The first-order valence-corrected chi connectivity index (χ1v) is 9.14. The Balaban J connectivity index is 2.50. The molecule has 7 heteroatoms. The maximum absolute atomic E-state index is 12.5. The smallest absolute Gasteiger partial charge is 0.262 e. The van der Waals surface area contributed by atoms with E-state index in [1.807, 2.05) is 13.8 Å². The van der Waals surface area contributed by atoms with Crippen molar-refractivity contribution >= 4 is 42.3 Å². The molecule has 0 spiro atoms. The summed E-state index contributed by atoms with van der Waals surface area (Å²) in [6.45, 7) is 5.41. The number of thiophene rings is 1. The summed E-state index contributed by atoms with van der Waals surface area (Å²) < 4.78 is 28.3. The highest BCUT2D eigenvalue weighted by Gasteiger charge is 2.21. The van der Waals surface area contributed by atoms with Gasteiger partial charge in [-0.05, 0) is 44.0 Å². The summed E-state index contributed by atoms with van der Waals surface area (Å²) in [4.78, 5) is 1.12. The molecule has 0 saturated carbocycles. The maximum atomic E-state index is 12.5. The number of hydrogen-bond donors (Lipinski definition) is 1. The molecule has 1 N–H and O–H groups in total. The summed E-state index contributed by atoms with van der Waals surface area (Å²) in [6, 6.07) is 7.13. The monoisotopic (exact) mass is 384 g/mol. The Labute approximate surface area is 136 Å². The summed E-state index contributed by atoms with van der Waals surface area (Å²) >= 11 is 4.55. The third kappa shape index (κ3) is 3.12. The predicted molar refractivity (Wildman–Crippen MR) is 88.2 cm³/mol. The van der Waals surface area contributed by atoms with Crippen LogP contribution in [0.2, 0.25) is 0 Å². The van der Waals surface area contributed by atoms with Gasteiger partial charge in [-0.3, -0.25) is 4.72 Å². The molecule has 0 fully saturated rings. The van der Waals surface area contributed by atoms with E-state index in [1.54, 1.807) is 25.1 Å². The summed E-state index contributed by atoms with van der Waals surface area (Å²) in [5, 5.41) is 9.56. The third-order valence-electron chi connectivity index (χ3n) is 3.16. The molecule has 0 saturated heterocycles. The number of sulfonamides is 1. The molecule has 2 aromatic rings. The minimum atomic E-state index is -3.72. The zero-order valence-electron chi connectivity index (χ0n) is 11.7. The van der Waals surface area contributed by atoms with Crippen LogP contribution in [0.5, 0.6) is 0 Å². The lowest BCUT2D eigenvalue weighted by Gasteiger charge is -2.09. The summed E-state index contributed by atoms with van der Waals surface area (Å²) in [5.41, 5.74) is 1.84. The van der Waals surface area contributed by atoms with E-state index in [9.17, 15) is 13.7 Å².